The van der Waals surface area contributed by atoms with E-state index in [2.05, 4.69) is 5.32 Å². The highest BCUT2D eigenvalue weighted by Gasteiger charge is 2.12. The number of rotatable bonds is 4. The molecule has 0 aliphatic rings. The number of amides is 1. The number of sulfonamides is 1. The Morgan fingerprint density at radius 3 is 2.39 bits per heavy atom. The van der Waals surface area contributed by atoms with Gasteiger partial charge in [0.2, 0.25) is 10.0 Å². The summed E-state index contributed by atoms with van der Waals surface area (Å²) in [6.07, 6.45) is 1.32. The van der Waals surface area contributed by atoms with Gasteiger partial charge in [0, 0.05) is 11.8 Å². The summed E-state index contributed by atoms with van der Waals surface area (Å²) in [5, 5.41) is 16.6. The average molecular weight is 331 g/mol. The van der Waals surface area contributed by atoms with Gasteiger partial charge < -0.3 is 9.73 Å². The lowest BCUT2D eigenvalue weighted by Gasteiger charge is -2.05. The summed E-state index contributed by atoms with van der Waals surface area (Å²) in [6.45, 7) is 1.75. The van der Waals surface area contributed by atoms with Gasteiger partial charge in [0.05, 0.1) is 4.90 Å². The monoisotopic (exact) mass is 331 g/mol. The van der Waals surface area contributed by atoms with Gasteiger partial charge in [-0.3, -0.25) is 4.79 Å². The summed E-state index contributed by atoms with van der Waals surface area (Å²) in [5.41, 5.74) is 0.189. The van der Waals surface area contributed by atoms with Gasteiger partial charge in [-0.1, -0.05) is 0 Å². The summed E-state index contributed by atoms with van der Waals surface area (Å²) >= 11 is 0. The van der Waals surface area contributed by atoms with Crippen molar-refractivity contribution in [2.45, 2.75) is 11.8 Å². The number of nitrogens with zero attached hydrogens (tertiary/aromatic N) is 1. The maximum atomic E-state index is 12.1. The molecule has 3 N–H and O–H groups in total. The summed E-state index contributed by atoms with van der Waals surface area (Å²) in [7, 11) is -3.80. The molecule has 2 rings (SSSR count). The summed E-state index contributed by atoms with van der Waals surface area (Å²) in [4.78, 5) is 12.0. The fourth-order valence-electron chi connectivity index (χ4n) is 1.75. The van der Waals surface area contributed by atoms with E-state index in [1.807, 2.05) is 0 Å². The van der Waals surface area contributed by atoms with Crippen molar-refractivity contribution in [3.8, 4) is 6.07 Å². The summed E-state index contributed by atoms with van der Waals surface area (Å²) in [5.74, 6) is 0.413. The lowest BCUT2D eigenvalue weighted by atomic mass is 10.2. The average Bonchev–Trinajstić information content (AvgIpc) is 2.89. The van der Waals surface area contributed by atoms with Crippen molar-refractivity contribution in [3.05, 3.63) is 53.5 Å². The van der Waals surface area contributed by atoms with E-state index < -0.39 is 15.9 Å². The number of carbonyl (C=O) groups is 1. The van der Waals surface area contributed by atoms with Crippen molar-refractivity contribution in [1.82, 2.24) is 0 Å². The second-order valence-electron chi connectivity index (χ2n) is 4.64. The molecule has 0 saturated carbocycles. The van der Waals surface area contributed by atoms with Crippen LogP contribution in [0.2, 0.25) is 0 Å². The van der Waals surface area contributed by atoms with Crippen LogP contribution in [0.3, 0.4) is 0 Å². The van der Waals surface area contributed by atoms with Crippen molar-refractivity contribution in [3.63, 3.8) is 0 Å². The minimum absolute atomic E-state index is 0.0717. The molecule has 0 aliphatic heterocycles. The third-order valence-corrected chi connectivity index (χ3v) is 3.78. The van der Waals surface area contributed by atoms with E-state index in [9.17, 15) is 13.2 Å². The predicted octanol–water partition coefficient (Wildman–Crippen LogP) is 1.78. The van der Waals surface area contributed by atoms with Crippen LogP contribution in [0, 0.1) is 18.3 Å². The minimum Gasteiger partial charge on any atom is -0.462 e. The topological polar surface area (TPSA) is 126 Å². The van der Waals surface area contributed by atoms with Gasteiger partial charge in [-0.15, -0.1) is 0 Å². The zero-order valence-electron chi connectivity index (χ0n) is 12.1. The van der Waals surface area contributed by atoms with E-state index in [0.29, 0.717) is 17.2 Å². The molecular formula is C15H13N3O4S. The standard InChI is InChI=1S/C15H13N3O4S/c1-10-2-5-13(22-10)8-11(9-16)15(19)18-12-3-6-14(7-4-12)23(17,20)21/h2-8H,1H3,(H,18,19)(H2,17,20,21)/b11-8+. The molecular weight excluding hydrogens is 318 g/mol. The maximum Gasteiger partial charge on any atom is 0.266 e. The van der Waals surface area contributed by atoms with Crippen molar-refractivity contribution in [1.29, 1.82) is 5.26 Å². The first-order valence-corrected chi connectivity index (χ1v) is 7.96. The Balaban J connectivity index is 2.17. The van der Waals surface area contributed by atoms with Crippen LogP contribution in [0.1, 0.15) is 11.5 Å². The first-order valence-electron chi connectivity index (χ1n) is 6.42. The smallest absolute Gasteiger partial charge is 0.266 e. The van der Waals surface area contributed by atoms with Gasteiger partial charge in [-0.25, -0.2) is 13.6 Å². The molecule has 1 aromatic heterocycles. The molecule has 0 spiro atoms. The Labute approximate surface area is 133 Å². The molecule has 1 amide bonds. The van der Waals surface area contributed by atoms with Gasteiger partial charge in [0.15, 0.2) is 0 Å². The molecule has 1 heterocycles. The number of nitrogens with one attached hydrogen (secondary N) is 1. The highest BCUT2D eigenvalue weighted by molar-refractivity contribution is 7.89. The molecule has 0 aliphatic carbocycles. The number of carbonyl (C=O) groups excluding carboxylic acids is 1. The number of hydrogen-bond donors (Lipinski definition) is 2. The van der Waals surface area contributed by atoms with E-state index in [-0.39, 0.29) is 10.5 Å². The third kappa shape index (κ3) is 4.29. The van der Waals surface area contributed by atoms with Crippen LogP contribution >= 0.6 is 0 Å². The van der Waals surface area contributed by atoms with E-state index >= 15 is 0 Å². The molecule has 23 heavy (non-hydrogen) atoms. The van der Waals surface area contributed by atoms with Gasteiger partial charge >= 0.3 is 0 Å². The van der Waals surface area contributed by atoms with E-state index in [0.717, 1.165) is 0 Å². The molecule has 0 atom stereocenters. The number of hydrogen-bond acceptors (Lipinski definition) is 5. The molecule has 7 nitrogen and oxygen atoms in total. The van der Waals surface area contributed by atoms with Crippen molar-refractivity contribution < 1.29 is 17.6 Å². The van der Waals surface area contributed by atoms with Crippen LogP contribution < -0.4 is 10.5 Å². The van der Waals surface area contributed by atoms with Crippen molar-refractivity contribution in [2.24, 2.45) is 5.14 Å². The minimum atomic E-state index is -3.80. The lowest BCUT2D eigenvalue weighted by molar-refractivity contribution is -0.112. The van der Waals surface area contributed by atoms with Gasteiger partial charge in [-0.05, 0) is 43.3 Å². The molecule has 0 unspecified atom stereocenters. The number of nitriles is 1. The van der Waals surface area contributed by atoms with Crippen molar-refractivity contribution >= 4 is 27.7 Å². The van der Waals surface area contributed by atoms with E-state index in [4.69, 9.17) is 14.8 Å². The quantitative estimate of drug-likeness (QED) is 0.652. The Hall–Kier alpha value is -2.89. The van der Waals surface area contributed by atoms with E-state index in [1.54, 1.807) is 25.1 Å². The molecule has 8 heteroatoms. The molecule has 1 aromatic carbocycles. The van der Waals surface area contributed by atoms with Gasteiger partial charge in [0.1, 0.15) is 23.2 Å². The van der Waals surface area contributed by atoms with Crippen LogP contribution in [0.4, 0.5) is 5.69 Å². The number of benzene rings is 1. The number of anilines is 1. The Kier molecular flexibility index (Phi) is 4.64. The van der Waals surface area contributed by atoms with Crippen LogP contribution in [0.25, 0.3) is 6.08 Å². The van der Waals surface area contributed by atoms with Gasteiger partial charge in [0.25, 0.3) is 5.91 Å². The van der Waals surface area contributed by atoms with Gasteiger partial charge in [-0.2, -0.15) is 5.26 Å². The molecule has 2 aromatic rings. The second kappa shape index (κ2) is 6.48. The van der Waals surface area contributed by atoms with Crippen LogP contribution in [-0.4, -0.2) is 14.3 Å². The number of primary sulfonamides is 1. The SMILES string of the molecule is Cc1ccc(/C=C(\C#N)C(=O)Nc2ccc(S(N)(=O)=O)cc2)o1. The predicted molar refractivity (Wildman–Crippen MR) is 83.5 cm³/mol. The second-order valence-corrected chi connectivity index (χ2v) is 6.20. The number of furan rings is 1. The molecule has 0 radical (unpaired) electrons. The molecule has 0 bridgehead atoms. The lowest BCUT2D eigenvalue weighted by Crippen LogP contribution is -2.14. The fraction of sp³-hybridized carbons (Fsp3) is 0.0667. The highest BCUT2D eigenvalue weighted by atomic mass is 32.2. The molecule has 0 fully saturated rings. The van der Waals surface area contributed by atoms with Crippen LogP contribution in [0.15, 0.2) is 51.3 Å². The number of nitrogens with two attached hydrogens (primary N) is 1. The van der Waals surface area contributed by atoms with Crippen molar-refractivity contribution in [2.75, 3.05) is 5.32 Å². The first kappa shape index (κ1) is 16.5. The Bertz CT molecular complexity index is 903. The normalized spacial score (nSPS) is 11.8. The summed E-state index contributed by atoms with van der Waals surface area (Å²) in [6, 6.07) is 10.4. The first-order chi connectivity index (χ1) is 10.8. The maximum absolute atomic E-state index is 12.1. The number of aryl methyl sites for hydroxylation is 1. The zero-order valence-corrected chi connectivity index (χ0v) is 12.9. The molecule has 0 saturated heterocycles. The van der Waals surface area contributed by atoms with Crippen LogP contribution in [-0.2, 0) is 14.8 Å². The highest BCUT2D eigenvalue weighted by Crippen LogP contribution is 2.15. The fourth-order valence-corrected chi connectivity index (χ4v) is 2.26. The Morgan fingerprint density at radius 2 is 1.91 bits per heavy atom. The zero-order chi connectivity index (χ0) is 17.0. The Morgan fingerprint density at radius 1 is 1.26 bits per heavy atom. The van der Waals surface area contributed by atoms with Crippen LogP contribution in [0.5, 0.6) is 0 Å². The summed E-state index contributed by atoms with van der Waals surface area (Å²) < 4.78 is 27.6. The van der Waals surface area contributed by atoms with E-state index in [1.165, 1.54) is 30.3 Å². The largest absolute Gasteiger partial charge is 0.462 e. The third-order valence-electron chi connectivity index (χ3n) is 2.85. The molecule has 118 valence electrons.